The SMILES string of the molecule is C[C@]12CCC(=O)C=C1CC[C@H]1[C@@H]3CC=C(C(=O)CCl)[C@@]3(C)CC(O)[C@@]12F. The van der Waals surface area contributed by atoms with Crippen LogP contribution in [0.3, 0.4) is 0 Å². The van der Waals surface area contributed by atoms with E-state index in [9.17, 15) is 14.7 Å². The van der Waals surface area contributed by atoms with Crippen molar-refractivity contribution in [2.24, 2.45) is 22.7 Å². The Morgan fingerprint density at radius 1 is 1.35 bits per heavy atom. The Balaban J connectivity index is 1.77. The molecule has 4 aliphatic rings. The van der Waals surface area contributed by atoms with E-state index >= 15 is 4.39 Å². The summed E-state index contributed by atoms with van der Waals surface area (Å²) in [5, 5.41) is 11.1. The molecule has 0 amide bonds. The third-order valence-electron chi connectivity index (χ3n) is 8.04. The number of aliphatic hydroxyl groups excluding tert-OH is 1. The van der Waals surface area contributed by atoms with E-state index in [2.05, 4.69) is 0 Å². The number of carbonyl (C=O) groups excluding carboxylic acids is 2. The molecule has 3 nitrogen and oxygen atoms in total. The number of allylic oxidation sites excluding steroid dienone is 4. The summed E-state index contributed by atoms with van der Waals surface area (Å²) in [5.74, 6) is -0.451. The molecule has 1 N–H and O–H groups in total. The number of Topliss-reactive ketones (excluding diaryl/α,β-unsaturated/α-hetero) is 1. The monoisotopic (exact) mass is 380 g/mol. The highest BCUT2D eigenvalue weighted by Crippen LogP contribution is 2.68. The van der Waals surface area contributed by atoms with Crippen molar-refractivity contribution in [3.05, 3.63) is 23.3 Å². The van der Waals surface area contributed by atoms with Crippen molar-refractivity contribution in [1.29, 1.82) is 0 Å². The fraction of sp³-hybridized carbons (Fsp3) is 0.714. The standard InChI is InChI=1S/C21H26ClFO3/c1-19-10-18(26)21(23)15(14(19)5-6-16(19)17(25)11-22)4-3-12-9-13(24)7-8-20(12,21)2/h6,9,14-15,18,26H,3-5,7-8,10-11H2,1-2H3/t14-,15-,18?,19-,20-,21-/m0/s1. The second kappa shape index (κ2) is 5.75. The van der Waals surface area contributed by atoms with E-state index in [0.29, 0.717) is 37.7 Å². The highest BCUT2D eigenvalue weighted by Gasteiger charge is 2.70. The van der Waals surface area contributed by atoms with Gasteiger partial charge in [-0.15, -0.1) is 11.6 Å². The van der Waals surface area contributed by atoms with Gasteiger partial charge in [-0.1, -0.05) is 25.5 Å². The van der Waals surface area contributed by atoms with Crippen molar-refractivity contribution in [2.45, 2.75) is 64.1 Å². The third-order valence-corrected chi connectivity index (χ3v) is 8.29. The topological polar surface area (TPSA) is 54.4 Å². The van der Waals surface area contributed by atoms with Crippen molar-refractivity contribution in [1.82, 2.24) is 0 Å². The Hall–Kier alpha value is -1.00. The molecular formula is C21H26ClFO3. The van der Waals surface area contributed by atoms with Crippen LogP contribution in [-0.2, 0) is 9.59 Å². The molecule has 6 atom stereocenters. The fourth-order valence-corrected chi connectivity index (χ4v) is 6.79. The van der Waals surface area contributed by atoms with Crippen molar-refractivity contribution in [2.75, 3.05) is 5.88 Å². The number of carbonyl (C=O) groups is 2. The van der Waals surface area contributed by atoms with E-state index in [0.717, 1.165) is 5.57 Å². The largest absolute Gasteiger partial charge is 0.390 e. The number of aliphatic hydroxyl groups is 1. The second-order valence-corrected chi connectivity index (χ2v) is 9.30. The minimum atomic E-state index is -1.75. The van der Waals surface area contributed by atoms with Crippen LogP contribution in [0.1, 0.15) is 52.4 Å². The molecule has 142 valence electrons. The van der Waals surface area contributed by atoms with Crippen molar-refractivity contribution < 1.29 is 19.1 Å². The molecule has 5 heteroatoms. The smallest absolute Gasteiger partial charge is 0.173 e. The van der Waals surface area contributed by atoms with Gasteiger partial charge in [0.05, 0.1) is 12.0 Å². The van der Waals surface area contributed by atoms with E-state index in [1.54, 1.807) is 6.08 Å². The Morgan fingerprint density at radius 2 is 2.08 bits per heavy atom. The summed E-state index contributed by atoms with van der Waals surface area (Å²) in [6.45, 7) is 3.87. The minimum absolute atomic E-state index is 0.00549. The molecule has 2 fully saturated rings. The normalized spacial score (nSPS) is 47.4. The minimum Gasteiger partial charge on any atom is -0.390 e. The van der Waals surface area contributed by atoms with Crippen molar-refractivity contribution in [3.63, 3.8) is 0 Å². The number of hydrogen-bond donors (Lipinski definition) is 1. The first kappa shape index (κ1) is 18.4. The summed E-state index contributed by atoms with van der Waals surface area (Å²) in [4.78, 5) is 24.2. The third kappa shape index (κ3) is 2.09. The van der Waals surface area contributed by atoms with Crippen LogP contribution in [0, 0.1) is 22.7 Å². The molecule has 0 radical (unpaired) electrons. The summed E-state index contributed by atoms with van der Waals surface area (Å²) in [5.41, 5.74) is -1.55. The Morgan fingerprint density at radius 3 is 2.77 bits per heavy atom. The van der Waals surface area contributed by atoms with Crippen LogP contribution < -0.4 is 0 Å². The van der Waals surface area contributed by atoms with Gasteiger partial charge in [0.25, 0.3) is 0 Å². The predicted octanol–water partition coefficient (Wildman–Crippen LogP) is 3.93. The van der Waals surface area contributed by atoms with Gasteiger partial charge in [0.15, 0.2) is 11.6 Å². The number of rotatable bonds is 2. The number of alkyl halides is 2. The summed E-state index contributed by atoms with van der Waals surface area (Å²) in [6.07, 6.45) is 5.37. The van der Waals surface area contributed by atoms with Gasteiger partial charge >= 0.3 is 0 Å². The molecule has 1 unspecified atom stereocenters. The lowest BCUT2D eigenvalue weighted by atomic mass is 9.44. The molecule has 0 bridgehead atoms. The summed E-state index contributed by atoms with van der Waals surface area (Å²) in [7, 11) is 0. The van der Waals surface area contributed by atoms with Crippen LogP contribution >= 0.6 is 11.6 Å². The van der Waals surface area contributed by atoms with Gasteiger partial charge < -0.3 is 5.11 Å². The first-order valence-corrected chi connectivity index (χ1v) is 10.1. The zero-order chi connectivity index (χ0) is 18.9. The Bertz CT molecular complexity index is 744. The van der Waals surface area contributed by atoms with E-state index in [4.69, 9.17) is 11.6 Å². The highest BCUT2D eigenvalue weighted by molar-refractivity contribution is 6.30. The maximum atomic E-state index is 16.7. The maximum Gasteiger partial charge on any atom is 0.173 e. The summed E-state index contributed by atoms with van der Waals surface area (Å²) in [6, 6.07) is 0. The van der Waals surface area contributed by atoms with Crippen LogP contribution in [0.25, 0.3) is 0 Å². The van der Waals surface area contributed by atoms with E-state index in [1.807, 2.05) is 19.9 Å². The second-order valence-electron chi connectivity index (χ2n) is 9.04. The van der Waals surface area contributed by atoms with Gasteiger partial charge in [-0.05, 0) is 49.7 Å². The lowest BCUT2D eigenvalue weighted by molar-refractivity contribution is -0.200. The molecule has 0 heterocycles. The lowest BCUT2D eigenvalue weighted by Gasteiger charge is -2.62. The quantitative estimate of drug-likeness (QED) is 0.738. The average molecular weight is 381 g/mol. The van der Waals surface area contributed by atoms with Crippen molar-refractivity contribution in [3.8, 4) is 0 Å². The molecule has 0 aromatic rings. The molecular weight excluding hydrogens is 355 g/mol. The van der Waals surface area contributed by atoms with E-state index in [1.165, 1.54) is 0 Å². The van der Waals surface area contributed by atoms with Crippen LogP contribution in [0.5, 0.6) is 0 Å². The molecule has 0 spiro atoms. The van der Waals surface area contributed by atoms with Crippen LogP contribution in [0.2, 0.25) is 0 Å². The summed E-state index contributed by atoms with van der Waals surface area (Å²) < 4.78 is 16.7. The molecule has 0 aromatic heterocycles. The number of fused-ring (bicyclic) bond motifs is 5. The maximum absolute atomic E-state index is 16.7. The number of hydrogen-bond acceptors (Lipinski definition) is 3. The van der Waals surface area contributed by atoms with Gasteiger partial charge in [-0.3, -0.25) is 9.59 Å². The highest BCUT2D eigenvalue weighted by atomic mass is 35.5. The Kier molecular flexibility index (Phi) is 4.06. The molecule has 26 heavy (non-hydrogen) atoms. The zero-order valence-electron chi connectivity index (χ0n) is 15.4. The van der Waals surface area contributed by atoms with E-state index < -0.39 is 22.6 Å². The molecule has 0 aliphatic heterocycles. The van der Waals surface area contributed by atoms with E-state index in [-0.39, 0.29) is 35.7 Å². The zero-order valence-corrected chi connectivity index (χ0v) is 16.1. The van der Waals surface area contributed by atoms with Crippen LogP contribution in [0.4, 0.5) is 4.39 Å². The molecule has 4 aliphatic carbocycles. The molecule has 4 rings (SSSR count). The number of halogens is 2. The van der Waals surface area contributed by atoms with Crippen molar-refractivity contribution >= 4 is 23.2 Å². The first-order valence-electron chi connectivity index (χ1n) is 9.59. The molecule has 2 saturated carbocycles. The van der Waals surface area contributed by atoms with Gasteiger partial charge in [0, 0.05) is 23.2 Å². The van der Waals surface area contributed by atoms with Crippen LogP contribution in [0.15, 0.2) is 23.3 Å². The van der Waals surface area contributed by atoms with Gasteiger partial charge in [0.2, 0.25) is 0 Å². The number of ketones is 2. The first-order chi connectivity index (χ1) is 12.2. The predicted molar refractivity (Wildman–Crippen MR) is 97.6 cm³/mol. The molecule has 0 aromatic carbocycles. The average Bonchev–Trinajstić information content (AvgIpc) is 2.93. The summed E-state index contributed by atoms with van der Waals surface area (Å²) >= 11 is 5.79. The van der Waals surface area contributed by atoms with Gasteiger partial charge in [-0.25, -0.2) is 4.39 Å². The fourth-order valence-electron chi connectivity index (χ4n) is 6.65. The Labute approximate surface area is 158 Å². The molecule has 0 saturated heterocycles. The van der Waals surface area contributed by atoms with Gasteiger partial charge in [-0.2, -0.15) is 0 Å². The lowest BCUT2D eigenvalue weighted by Crippen LogP contribution is -2.67. The van der Waals surface area contributed by atoms with Gasteiger partial charge in [0.1, 0.15) is 5.67 Å². The van der Waals surface area contributed by atoms with Crippen LogP contribution in [-0.4, -0.2) is 34.3 Å².